The SMILES string of the molecule is CC1CCCCC1n1ncc2c(=O)cn[nH]c21. The molecule has 0 radical (unpaired) electrons. The van der Waals surface area contributed by atoms with Gasteiger partial charge in [-0.3, -0.25) is 9.89 Å². The maximum absolute atomic E-state index is 11.6. The lowest BCUT2D eigenvalue weighted by Gasteiger charge is -2.29. The Bertz CT molecular complexity index is 585. The third-order valence-electron chi connectivity index (χ3n) is 3.79. The second kappa shape index (κ2) is 3.98. The van der Waals surface area contributed by atoms with Crippen molar-refractivity contribution >= 4 is 11.0 Å². The van der Waals surface area contributed by atoms with Crippen LogP contribution >= 0.6 is 0 Å². The molecule has 1 fully saturated rings. The fourth-order valence-electron chi connectivity index (χ4n) is 2.79. The van der Waals surface area contributed by atoms with E-state index >= 15 is 0 Å². The van der Waals surface area contributed by atoms with Gasteiger partial charge in [-0.15, -0.1) is 0 Å². The summed E-state index contributed by atoms with van der Waals surface area (Å²) in [6.07, 6.45) is 7.85. The number of aromatic nitrogens is 4. The van der Waals surface area contributed by atoms with E-state index in [0.717, 1.165) is 12.1 Å². The van der Waals surface area contributed by atoms with Gasteiger partial charge in [0.1, 0.15) is 0 Å². The Labute approximate surface area is 98.8 Å². The van der Waals surface area contributed by atoms with E-state index in [1.54, 1.807) is 6.20 Å². The smallest absolute Gasteiger partial charge is 0.211 e. The number of H-pyrrole nitrogens is 1. The molecule has 5 nitrogen and oxygen atoms in total. The Hall–Kier alpha value is -1.65. The van der Waals surface area contributed by atoms with Crippen LogP contribution in [0.15, 0.2) is 17.2 Å². The summed E-state index contributed by atoms with van der Waals surface area (Å²) in [5.74, 6) is 0.607. The van der Waals surface area contributed by atoms with Crippen molar-refractivity contribution in [2.75, 3.05) is 0 Å². The molecule has 0 bridgehead atoms. The molecular formula is C12H16N4O. The van der Waals surface area contributed by atoms with E-state index in [1.165, 1.54) is 25.5 Å². The minimum absolute atomic E-state index is 0.0616. The third-order valence-corrected chi connectivity index (χ3v) is 3.79. The number of hydrogen-bond acceptors (Lipinski definition) is 3. The average Bonchev–Trinajstić information content (AvgIpc) is 2.75. The van der Waals surface area contributed by atoms with Gasteiger partial charge >= 0.3 is 0 Å². The maximum Gasteiger partial charge on any atom is 0.211 e. The van der Waals surface area contributed by atoms with Crippen molar-refractivity contribution in [3.63, 3.8) is 0 Å². The lowest BCUT2D eigenvalue weighted by molar-refractivity contribution is 0.245. The zero-order valence-electron chi connectivity index (χ0n) is 9.89. The van der Waals surface area contributed by atoms with Gasteiger partial charge in [-0.2, -0.15) is 10.2 Å². The standard InChI is InChI=1S/C12H16N4O/c1-8-4-2-3-5-10(8)16-12-9(6-14-16)11(17)7-13-15-12/h6-8,10H,2-5H2,1H3,(H,15,17). The minimum atomic E-state index is -0.0616. The van der Waals surface area contributed by atoms with Crippen LogP contribution in [-0.2, 0) is 0 Å². The Balaban J connectivity index is 2.11. The van der Waals surface area contributed by atoms with Crippen LogP contribution in [0.25, 0.3) is 11.0 Å². The van der Waals surface area contributed by atoms with Gasteiger partial charge in [-0.1, -0.05) is 19.8 Å². The van der Waals surface area contributed by atoms with Crippen molar-refractivity contribution in [2.45, 2.75) is 38.6 Å². The normalized spacial score (nSPS) is 25.2. The largest absolute Gasteiger partial charge is 0.287 e. The van der Waals surface area contributed by atoms with Gasteiger partial charge in [0.15, 0.2) is 5.65 Å². The summed E-state index contributed by atoms with van der Waals surface area (Å²) in [5, 5.41) is 11.8. The molecule has 90 valence electrons. The quantitative estimate of drug-likeness (QED) is 0.816. The number of nitrogens with one attached hydrogen (secondary N) is 1. The van der Waals surface area contributed by atoms with E-state index < -0.39 is 0 Å². The molecule has 2 aromatic rings. The number of nitrogens with zero attached hydrogens (tertiary/aromatic N) is 3. The van der Waals surface area contributed by atoms with E-state index in [9.17, 15) is 4.79 Å². The van der Waals surface area contributed by atoms with Gasteiger partial charge < -0.3 is 0 Å². The Kier molecular flexibility index (Phi) is 2.46. The van der Waals surface area contributed by atoms with Crippen molar-refractivity contribution in [1.29, 1.82) is 0 Å². The molecule has 2 unspecified atom stereocenters. The first-order valence-corrected chi connectivity index (χ1v) is 6.18. The highest BCUT2D eigenvalue weighted by Crippen LogP contribution is 2.34. The van der Waals surface area contributed by atoms with Crippen LogP contribution in [0, 0.1) is 5.92 Å². The molecule has 0 aliphatic heterocycles. The average molecular weight is 232 g/mol. The molecule has 0 saturated heterocycles. The van der Waals surface area contributed by atoms with E-state index in [0.29, 0.717) is 17.3 Å². The van der Waals surface area contributed by atoms with Gasteiger partial charge in [0.05, 0.1) is 23.8 Å². The molecule has 3 rings (SSSR count). The third kappa shape index (κ3) is 1.66. The lowest BCUT2D eigenvalue weighted by Crippen LogP contribution is -2.22. The van der Waals surface area contributed by atoms with Crippen LogP contribution in [0.3, 0.4) is 0 Å². The van der Waals surface area contributed by atoms with Crippen molar-refractivity contribution in [3.05, 3.63) is 22.6 Å². The maximum atomic E-state index is 11.6. The van der Waals surface area contributed by atoms with Crippen LogP contribution < -0.4 is 5.43 Å². The summed E-state index contributed by atoms with van der Waals surface area (Å²) in [4.78, 5) is 11.6. The van der Waals surface area contributed by atoms with Gasteiger partial charge in [0, 0.05) is 0 Å². The van der Waals surface area contributed by atoms with Crippen LogP contribution in [0.2, 0.25) is 0 Å². The predicted octanol–water partition coefficient (Wildman–Crippen LogP) is 1.87. The van der Waals surface area contributed by atoms with Gasteiger partial charge in [-0.25, -0.2) is 4.68 Å². The number of fused-ring (bicyclic) bond motifs is 1. The highest BCUT2D eigenvalue weighted by Gasteiger charge is 2.25. The molecule has 2 atom stereocenters. The highest BCUT2D eigenvalue weighted by atomic mass is 16.1. The molecule has 0 amide bonds. The summed E-state index contributed by atoms with van der Waals surface area (Å²) in [5.41, 5.74) is 0.699. The lowest BCUT2D eigenvalue weighted by atomic mass is 9.86. The number of hydrogen-bond donors (Lipinski definition) is 1. The summed E-state index contributed by atoms with van der Waals surface area (Å²) in [7, 11) is 0. The van der Waals surface area contributed by atoms with Crippen molar-refractivity contribution in [1.82, 2.24) is 20.0 Å². The first-order valence-electron chi connectivity index (χ1n) is 6.18. The fraction of sp³-hybridized carbons (Fsp3) is 0.583. The zero-order chi connectivity index (χ0) is 11.8. The number of rotatable bonds is 1. The summed E-state index contributed by atoms with van der Waals surface area (Å²) in [6, 6.07) is 0.390. The van der Waals surface area contributed by atoms with Crippen LogP contribution in [-0.4, -0.2) is 20.0 Å². The molecule has 2 aromatic heterocycles. The minimum Gasteiger partial charge on any atom is -0.287 e. The van der Waals surface area contributed by atoms with E-state index in [4.69, 9.17) is 0 Å². The molecule has 2 heterocycles. The van der Waals surface area contributed by atoms with E-state index in [1.807, 2.05) is 4.68 Å². The van der Waals surface area contributed by atoms with E-state index in [2.05, 4.69) is 22.2 Å². The molecule has 1 aliphatic rings. The first-order chi connectivity index (χ1) is 8.27. The second-order valence-electron chi connectivity index (χ2n) is 4.91. The van der Waals surface area contributed by atoms with E-state index in [-0.39, 0.29) is 5.43 Å². The Morgan fingerprint density at radius 1 is 1.35 bits per heavy atom. The van der Waals surface area contributed by atoms with Crippen molar-refractivity contribution < 1.29 is 0 Å². The van der Waals surface area contributed by atoms with Gasteiger partial charge in [-0.05, 0) is 18.8 Å². The monoisotopic (exact) mass is 232 g/mol. The fourth-order valence-corrected chi connectivity index (χ4v) is 2.79. The Morgan fingerprint density at radius 3 is 3.00 bits per heavy atom. The van der Waals surface area contributed by atoms with Crippen molar-refractivity contribution in [2.24, 2.45) is 5.92 Å². The first kappa shape index (κ1) is 10.5. The summed E-state index contributed by atoms with van der Waals surface area (Å²) < 4.78 is 1.95. The summed E-state index contributed by atoms with van der Waals surface area (Å²) in [6.45, 7) is 2.26. The molecule has 1 N–H and O–H groups in total. The zero-order valence-corrected chi connectivity index (χ0v) is 9.89. The Morgan fingerprint density at radius 2 is 2.18 bits per heavy atom. The highest BCUT2D eigenvalue weighted by molar-refractivity contribution is 5.73. The van der Waals surface area contributed by atoms with Crippen LogP contribution in [0.1, 0.15) is 38.6 Å². The topological polar surface area (TPSA) is 63.6 Å². The van der Waals surface area contributed by atoms with Gasteiger partial charge in [0.25, 0.3) is 0 Å². The molecular weight excluding hydrogens is 216 g/mol. The molecule has 17 heavy (non-hydrogen) atoms. The molecule has 5 heteroatoms. The number of aromatic amines is 1. The predicted molar refractivity (Wildman–Crippen MR) is 64.8 cm³/mol. The summed E-state index contributed by atoms with van der Waals surface area (Å²) >= 11 is 0. The molecule has 0 spiro atoms. The molecule has 1 saturated carbocycles. The molecule has 0 aromatic carbocycles. The van der Waals surface area contributed by atoms with Crippen LogP contribution in [0.4, 0.5) is 0 Å². The van der Waals surface area contributed by atoms with Crippen LogP contribution in [0.5, 0.6) is 0 Å². The van der Waals surface area contributed by atoms with Crippen molar-refractivity contribution in [3.8, 4) is 0 Å². The van der Waals surface area contributed by atoms with Gasteiger partial charge in [0.2, 0.25) is 5.43 Å². The second-order valence-corrected chi connectivity index (χ2v) is 4.91. The molecule has 1 aliphatic carbocycles.